The Hall–Kier alpha value is 0.270. The van der Waals surface area contributed by atoms with E-state index in [0.717, 1.165) is 29.4 Å². The summed E-state index contributed by atoms with van der Waals surface area (Å²) in [6, 6.07) is 3.49. The average molecular weight is 268 g/mol. The first kappa shape index (κ1) is 13.3. The van der Waals surface area contributed by atoms with Gasteiger partial charge in [-0.25, -0.2) is 0 Å². The summed E-state index contributed by atoms with van der Waals surface area (Å²) in [7, 11) is 2.14. The highest BCUT2D eigenvalue weighted by Gasteiger charge is 2.44. The van der Waals surface area contributed by atoms with Gasteiger partial charge in [-0.05, 0) is 58.2 Å². The van der Waals surface area contributed by atoms with Crippen LogP contribution < -0.4 is 5.32 Å². The van der Waals surface area contributed by atoms with Gasteiger partial charge >= 0.3 is 0 Å². The van der Waals surface area contributed by atoms with E-state index in [0.29, 0.717) is 0 Å². The molecule has 3 fully saturated rings. The van der Waals surface area contributed by atoms with Crippen molar-refractivity contribution in [3.63, 3.8) is 0 Å². The number of piperidine rings is 1. The predicted octanol–water partition coefficient (Wildman–Crippen LogP) is 2.88. The molecule has 2 aliphatic heterocycles. The standard InChI is InChI=1S/C15H28N2S/c1-16-11-8-13-6-7-14(9-11)17(13)12-4-3-5-15(10-12)18-2/h11-16H,3-10H2,1-2H3. The predicted molar refractivity (Wildman–Crippen MR) is 80.3 cm³/mol. The molecule has 0 aromatic rings. The smallest absolute Gasteiger partial charge is 0.0116 e. The van der Waals surface area contributed by atoms with Crippen molar-refractivity contribution in [2.24, 2.45) is 0 Å². The molecule has 2 nitrogen and oxygen atoms in total. The lowest BCUT2D eigenvalue weighted by atomic mass is 9.88. The van der Waals surface area contributed by atoms with Gasteiger partial charge in [0.1, 0.15) is 0 Å². The molecule has 2 bridgehead atoms. The van der Waals surface area contributed by atoms with Gasteiger partial charge in [0.2, 0.25) is 0 Å². The second kappa shape index (κ2) is 5.72. The molecule has 3 aliphatic rings. The minimum atomic E-state index is 0.790. The zero-order chi connectivity index (χ0) is 12.5. The van der Waals surface area contributed by atoms with E-state index in [1.807, 2.05) is 0 Å². The fraction of sp³-hybridized carbons (Fsp3) is 1.00. The summed E-state index contributed by atoms with van der Waals surface area (Å²) < 4.78 is 0. The van der Waals surface area contributed by atoms with Gasteiger partial charge in [-0.2, -0.15) is 11.8 Å². The molecule has 1 N–H and O–H groups in total. The summed E-state index contributed by atoms with van der Waals surface area (Å²) in [5.74, 6) is 0. The molecule has 3 heteroatoms. The van der Waals surface area contributed by atoms with E-state index in [9.17, 15) is 0 Å². The van der Waals surface area contributed by atoms with Crippen LogP contribution in [0.15, 0.2) is 0 Å². The third kappa shape index (κ3) is 2.46. The molecule has 2 heterocycles. The topological polar surface area (TPSA) is 15.3 Å². The molecule has 104 valence electrons. The third-order valence-electron chi connectivity index (χ3n) is 5.55. The van der Waals surface area contributed by atoms with Gasteiger partial charge in [0.15, 0.2) is 0 Å². The van der Waals surface area contributed by atoms with E-state index in [-0.39, 0.29) is 0 Å². The molecule has 0 spiro atoms. The van der Waals surface area contributed by atoms with E-state index in [1.54, 1.807) is 0 Å². The Kier molecular flexibility index (Phi) is 4.21. The van der Waals surface area contributed by atoms with Crippen LogP contribution in [-0.4, -0.2) is 47.6 Å². The van der Waals surface area contributed by atoms with Gasteiger partial charge in [-0.15, -0.1) is 0 Å². The van der Waals surface area contributed by atoms with Crippen LogP contribution in [0.2, 0.25) is 0 Å². The van der Waals surface area contributed by atoms with Gasteiger partial charge in [-0.1, -0.05) is 6.42 Å². The molecule has 4 atom stereocenters. The van der Waals surface area contributed by atoms with Gasteiger partial charge in [0, 0.05) is 29.4 Å². The maximum absolute atomic E-state index is 3.52. The number of fused-ring (bicyclic) bond motifs is 2. The van der Waals surface area contributed by atoms with Crippen LogP contribution in [0.5, 0.6) is 0 Å². The molecule has 2 saturated heterocycles. The van der Waals surface area contributed by atoms with Crippen molar-refractivity contribution >= 4 is 11.8 Å². The van der Waals surface area contributed by atoms with Gasteiger partial charge < -0.3 is 5.32 Å². The molecular formula is C15H28N2S. The van der Waals surface area contributed by atoms with Crippen molar-refractivity contribution in [1.29, 1.82) is 0 Å². The fourth-order valence-corrected chi connectivity index (χ4v) is 5.47. The highest BCUT2D eigenvalue weighted by atomic mass is 32.2. The first-order valence-corrected chi connectivity index (χ1v) is 9.08. The van der Waals surface area contributed by atoms with Crippen LogP contribution in [0.4, 0.5) is 0 Å². The fourth-order valence-electron chi connectivity index (χ4n) is 4.65. The molecular weight excluding hydrogens is 240 g/mol. The molecule has 1 aliphatic carbocycles. The summed E-state index contributed by atoms with van der Waals surface area (Å²) in [6.07, 6.45) is 13.9. The van der Waals surface area contributed by atoms with Crippen LogP contribution in [0.25, 0.3) is 0 Å². The Labute approximate surface area is 116 Å². The highest BCUT2D eigenvalue weighted by molar-refractivity contribution is 7.99. The lowest BCUT2D eigenvalue weighted by Gasteiger charge is -2.46. The monoisotopic (exact) mass is 268 g/mol. The summed E-state index contributed by atoms with van der Waals surface area (Å²) in [6.45, 7) is 0. The van der Waals surface area contributed by atoms with Crippen molar-refractivity contribution in [3.8, 4) is 0 Å². The molecule has 0 aromatic carbocycles. The van der Waals surface area contributed by atoms with E-state index >= 15 is 0 Å². The van der Waals surface area contributed by atoms with E-state index in [4.69, 9.17) is 0 Å². The molecule has 4 unspecified atom stereocenters. The molecule has 0 radical (unpaired) electrons. The van der Waals surface area contributed by atoms with Crippen molar-refractivity contribution in [2.45, 2.75) is 80.8 Å². The highest BCUT2D eigenvalue weighted by Crippen LogP contribution is 2.41. The molecule has 0 aromatic heterocycles. The normalized spacial score (nSPS) is 45.3. The van der Waals surface area contributed by atoms with E-state index < -0.39 is 0 Å². The number of rotatable bonds is 3. The van der Waals surface area contributed by atoms with Crippen LogP contribution in [0, 0.1) is 0 Å². The van der Waals surface area contributed by atoms with Crippen LogP contribution in [-0.2, 0) is 0 Å². The summed E-state index contributed by atoms with van der Waals surface area (Å²) in [4.78, 5) is 2.95. The Morgan fingerprint density at radius 3 is 2.22 bits per heavy atom. The summed E-state index contributed by atoms with van der Waals surface area (Å²) in [5.41, 5.74) is 0. The maximum Gasteiger partial charge on any atom is 0.0116 e. The quantitative estimate of drug-likeness (QED) is 0.847. The lowest BCUT2D eigenvalue weighted by Crippen LogP contribution is -2.53. The molecule has 18 heavy (non-hydrogen) atoms. The van der Waals surface area contributed by atoms with Gasteiger partial charge in [0.05, 0.1) is 0 Å². The average Bonchev–Trinajstić information content (AvgIpc) is 2.69. The summed E-state index contributed by atoms with van der Waals surface area (Å²) in [5, 5.41) is 4.45. The van der Waals surface area contributed by atoms with Gasteiger partial charge in [-0.3, -0.25) is 4.90 Å². The Bertz CT molecular complexity index is 270. The van der Waals surface area contributed by atoms with E-state index in [2.05, 4.69) is 35.3 Å². The Balaban J connectivity index is 1.66. The maximum atomic E-state index is 3.52. The second-order valence-corrected chi connectivity index (χ2v) is 7.61. The number of hydrogen-bond donors (Lipinski definition) is 1. The molecule has 1 saturated carbocycles. The minimum absolute atomic E-state index is 0.790. The zero-order valence-corrected chi connectivity index (χ0v) is 12.7. The van der Waals surface area contributed by atoms with E-state index in [1.165, 1.54) is 51.4 Å². The molecule has 0 amide bonds. The number of nitrogens with zero attached hydrogens (tertiary/aromatic N) is 1. The van der Waals surface area contributed by atoms with Crippen LogP contribution in [0.3, 0.4) is 0 Å². The van der Waals surface area contributed by atoms with Crippen molar-refractivity contribution in [3.05, 3.63) is 0 Å². The van der Waals surface area contributed by atoms with Crippen molar-refractivity contribution in [2.75, 3.05) is 13.3 Å². The number of thioether (sulfide) groups is 1. The first-order valence-electron chi connectivity index (χ1n) is 7.79. The Morgan fingerprint density at radius 2 is 1.61 bits per heavy atom. The third-order valence-corrected chi connectivity index (χ3v) is 6.65. The van der Waals surface area contributed by atoms with Crippen molar-refractivity contribution < 1.29 is 0 Å². The van der Waals surface area contributed by atoms with Crippen molar-refractivity contribution in [1.82, 2.24) is 10.2 Å². The minimum Gasteiger partial charge on any atom is -0.317 e. The first-order chi connectivity index (χ1) is 8.81. The Morgan fingerprint density at radius 1 is 0.944 bits per heavy atom. The zero-order valence-electron chi connectivity index (χ0n) is 11.9. The van der Waals surface area contributed by atoms with Gasteiger partial charge in [0.25, 0.3) is 0 Å². The lowest BCUT2D eigenvalue weighted by molar-refractivity contribution is 0.0541. The van der Waals surface area contributed by atoms with Crippen LogP contribution in [0.1, 0.15) is 51.4 Å². The largest absolute Gasteiger partial charge is 0.317 e. The number of hydrogen-bond acceptors (Lipinski definition) is 3. The second-order valence-electron chi connectivity index (χ2n) is 6.47. The SMILES string of the molecule is CNC1CC2CCC(C1)N2C1CCCC(SC)C1. The molecule has 3 rings (SSSR count). The summed E-state index contributed by atoms with van der Waals surface area (Å²) >= 11 is 2.10. The van der Waals surface area contributed by atoms with Crippen LogP contribution >= 0.6 is 11.8 Å². The number of nitrogens with one attached hydrogen (secondary N) is 1.